The molecule has 4 nitrogen and oxygen atoms in total. The maximum absolute atomic E-state index is 11.3. The van der Waals surface area contributed by atoms with Crippen molar-refractivity contribution < 1.29 is 14.6 Å². The highest BCUT2D eigenvalue weighted by atomic mass is 79.9. The third kappa shape index (κ3) is 4.39. The van der Waals surface area contributed by atoms with E-state index < -0.39 is 5.97 Å². The zero-order valence-electron chi connectivity index (χ0n) is 11.9. The smallest absolute Gasteiger partial charge is 0.337 e. The van der Waals surface area contributed by atoms with Crippen LogP contribution in [0.4, 0.5) is 5.69 Å². The van der Waals surface area contributed by atoms with Crippen LogP contribution in [0.1, 0.15) is 15.9 Å². The van der Waals surface area contributed by atoms with Crippen LogP contribution in [0.5, 0.6) is 5.75 Å². The molecule has 0 spiro atoms. The van der Waals surface area contributed by atoms with Gasteiger partial charge in [0.1, 0.15) is 12.4 Å². The molecule has 0 bridgehead atoms. The van der Waals surface area contributed by atoms with E-state index in [2.05, 4.69) is 21.2 Å². The topological polar surface area (TPSA) is 58.6 Å². The van der Waals surface area contributed by atoms with E-state index >= 15 is 0 Å². The molecule has 116 valence electrons. The van der Waals surface area contributed by atoms with Crippen LogP contribution >= 0.6 is 27.5 Å². The number of ether oxygens (including phenoxy) is 1. The summed E-state index contributed by atoms with van der Waals surface area (Å²) in [5.41, 5.74) is 1.67. The number of hydrogen-bond acceptors (Lipinski definition) is 3. The highest BCUT2D eigenvalue weighted by Gasteiger charge is 2.13. The predicted molar refractivity (Wildman–Crippen MR) is 91.3 cm³/mol. The Balaban J connectivity index is 1.97. The van der Waals surface area contributed by atoms with Gasteiger partial charge in [-0.05, 0) is 64.8 Å². The predicted octanol–water partition coefficient (Wildman–Crippen LogP) is 4.60. The molecule has 0 heterocycles. The summed E-state index contributed by atoms with van der Waals surface area (Å²) in [6.45, 7) is 2.73. The molecule has 2 aromatic carbocycles. The molecule has 0 radical (unpaired) electrons. The summed E-state index contributed by atoms with van der Waals surface area (Å²) >= 11 is 9.19. The quantitative estimate of drug-likeness (QED) is 0.715. The Bertz CT molecular complexity index is 674. The number of anilines is 1. The third-order valence-corrected chi connectivity index (χ3v) is 3.83. The minimum Gasteiger partial charge on any atom is -0.492 e. The molecule has 0 aliphatic heterocycles. The van der Waals surface area contributed by atoms with Crippen LogP contribution in [-0.4, -0.2) is 24.2 Å². The summed E-state index contributed by atoms with van der Waals surface area (Å²) in [5.74, 6) is -0.252. The molecule has 0 saturated carbocycles. The highest BCUT2D eigenvalue weighted by molar-refractivity contribution is 9.10. The number of nitrogens with one attached hydrogen (secondary N) is 1. The fraction of sp³-hybridized carbons (Fsp3) is 0.188. The molecule has 2 N–H and O–H groups in total. The first kappa shape index (κ1) is 16.6. The Kier molecular flexibility index (Phi) is 5.69. The Hall–Kier alpha value is -1.72. The molecule has 0 unspecified atom stereocenters. The molecule has 0 amide bonds. The second kappa shape index (κ2) is 7.51. The maximum atomic E-state index is 11.3. The van der Waals surface area contributed by atoms with E-state index in [0.717, 1.165) is 10.0 Å². The van der Waals surface area contributed by atoms with Crippen molar-refractivity contribution in [3.8, 4) is 5.75 Å². The van der Waals surface area contributed by atoms with E-state index in [0.29, 0.717) is 29.6 Å². The molecule has 2 aromatic rings. The van der Waals surface area contributed by atoms with Crippen molar-refractivity contribution in [2.24, 2.45) is 0 Å². The summed E-state index contributed by atoms with van der Waals surface area (Å²) in [6.07, 6.45) is 0. The lowest BCUT2D eigenvalue weighted by Crippen LogP contribution is -2.14. The van der Waals surface area contributed by atoms with E-state index in [9.17, 15) is 9.90 Å². The molecular weight excluding hydrogens is 370 g/mol. The first-order valence-corrected chi connectivity index (χ1v) is 7.80. The van der Waals surface area contributed by atoms with Gasteiger partial charge in [-0.3, -0.25) is 0 Å². The van der Waals surface area contributed by atoms with E-state index in [1.54, 1.807) is 30.3 Å². The van der Waals surface area contributed by atoms with Gasteiger partial charge in [0, 0.05) is 16.0 Å². The van der Waals surface area contributed by atoms with Crippen molar-refractivity contribution in [3.05, 3.63) is 57.0 Å². The maximum Gasteiger partial charge on any atom is 0.337 e. The molecule has 0 atom stereocenters. The number of aromatic carboxylic acids is 1. The Morgan fingerprint density at radius 1 is 1.32 bits per heavy atom. The molecule has 0 aliphatic carbocycles. The fourth-order valence-corrected chi connectivity index (χ4v) is 2.81. The van der Waals surface area contributed by atoms with Gasteiger partial charge in [-0.2, -0.15) is 0 Å². The minimum atomic E-state index is -0.967. The molecule has 6 heteroatoms. The van der Waals surface area contributed by atoms with Gasteiger partial charge in [0.2, 0.25) is 0 Å². The second-order valence-electron chi connectivity index (χ2n) is 4.70. The normalized spacial score (nSPS) is 10.3. The summed E-state index contributed by atoms with van der Waals surface area (Å²) < 4.78 is 6.28. The Labute approximate surface area is 142 Å². The molecule has 2 rings (SSSR count). The van der Waals surface area contributed by atoms with E-state index in [-0.39, 0.29) is 5.56 Å². The molecule has 0 fully saturated rings. The van der Waals surface area contributed by atoms with Gasteiger partial charge in [0.05, 0.1) is 11.3 Å². The van der Waals surface area contributed by atoms with Crippen molar-refractivity contribution in [2.75, 3.05) is 18.5 Å². The SMILES string of the molecule is Cc1cc(Br)c(NCCOc2ccc(Cl)cc2)c(C(=O)O)c1. The van der Waals surface area contributed by atoms with Crippen LogP contribution in [0.25, 0.3) is 0 Å². The van der Waals surface area contributed by atoms with Gasteiger partial charge in [-0.1, -0.05) is 11.6 Å². The van der Waals surface area contributed by atoms with Crippen LogP contribution in [0.2, 0.25) is 5.02 Å². The van der Waals surface area contributed by atoms with Crippen LogP contribution in [0.15, 0.2) is 40.9 Å². The number of carbonyl (C=O) groups is 1. The molecule has 22 heavy (non-hydrogen) atoms. The number of hydrogen-bond donors (Lipinski definition) is 2. The summed E-state index contributed by atoms with van der Waals surface area (Å²) in [7, 11) is 0. The fourth-order valence-electron chi connectivity index (χ4n) is 1.97. The van der Waals surface area contributed by atoms with Crippen molar-refractivity contribution >= 4 is 39.2 Å². The first-order chi connectivity index (χ1) is 10.5. The van der Waals surface area contributed by atoms with Crippen molar-refractivity contribution in [3.63, 3.8) is 0 Å². The summed E-state index contributed by atoms with van der Waals surface area (Å²) in [5, 5.41) is 13.0. The van der Waals surface area contributed by atoms with Crippen LogP contribution in [-0.2, 0) is 0 Å². The number of benzene rings is 2. The van der Waals surface area contributed by atoms with Crippen LogP contribution in [0.3, 0.4) is 0 Å². The van der Waals surface area contributed by atoms with E-state index in [1.165, 1.54) is 0 Å². The minimum absolute atomic E-state index is 0.235. The molecular formula is C16H15BrClNO3. The average Bonchev–Trinajstić information content (AvgIpc) is 2.46. The number of carboxylic acids is 1. The summed E-state index contributed by atoms with van der Waals surface area (Å²) in [6, 6.07) is 10.6. The first-order valence-electron chi connectivity index (χ1n) is 6.63. The highest BCUT2D eigenvalue weighted by Crippen LogP contribution is 2.28. The second-order valence-corrected chi connectivity index (χ2v) is 5.99. The lowest BCUT2D eigenvalue weighted by molar-refractivity contribution is 0.0697. The summed E-state index contributed by atoms with van der Waals surface area (Å²) in [4.78, 5) is 11.3. The van der Waals surface area contributed by atoms with Crippen LogP contribution in [0, 0.1) is 6.92 Å². The van der Waals surface area contributed by atoms with Gasteiger partial charge >= 0.3 is 5.97 Å². The number of rotatable bonds is 6. The number of halogens is 2. The van der Waals surface area contributed by atoms with Gasteiger partial charge in [-0.15, -0.1) is 0 Å². The largest absolute Gasteiger partial charge is 0.492 e. The standard InChI is InChI=1S/C16H15BrClNO3/c1-10-8-13(16(20)21)15(14(17)9-10)19-6-7-22-12-4-2-11(18)3-5-12/h2-5,8-9,19H,6-7H2,1H3,(H,20,21). The van der Waals surface area contributed by atoms with Gasteiger partial charge in [0.15, 0.2) is 0 Å². The Morgan fingerprint density at radius 3 is 2.64 bits per heavy atom. The number of aryl methyl sites for hydroxylation is 1. The zero-order valence-corrected chi connectivity index (χ0v) is 14.2. The molecule has 0 aromatic heterocycles. The zero-order chi connectivity index (χ0) is 16.1. The van der Waals surface area contributed by atoms with Crippen LogP contribution < -0.4 is 10.1 Å². The monoisotopic (exact) mass is 383 g/mol. The average molecular weight is 385 g/mol. The van der Waals surface area contributed by atoms with Crippen molar-refractivity contribution in [2.45, 2.75) is 6.92 Å². The van der Waals surface area contributed by atoms with Gasteiger partial charge in [0.25, 0.3) is 0 Å². The third-order valence-electron chi connectivity index (χ3n) is 2.95. The van der Waals surface area contributed by atoms with Crippen molar-refractivity contribution in [1.29, 1.82) is 0 Å². The lowest BCUT2D eigenvalue weighted by Gasteiger charge is -2.13. The van der Waals surface area contributed by atoms with Gasteiger partial charge < -0.3 is 15.2 Å². The van der Waals surface area contributed by atoms with Gasteiger partial charge in [-0.25, -0.2) is 4.79 Å². The van der Waals surface area contributed by atoms with Crippen molar-refractivity contribution in [1.82, 2.24) is 0 Å². The lowest BCUT2D eigenvalue weighted by atomic mass is 10.1. The molecule has 0 saturated heterocycles. The molecule has 0 aliphatic rings. The Morgan fingerprint density at radius 2 is 2.00 bits per heavy atom. The van der Waals surface area contributed by atoms with E-state index in [1.807, 2.05) is 13.0 Å². The van der Waals surface area contributed by atoms with E-state index in [4.69, 9.17) is 16.3 Å². The number of carboxylic acid groups (broad SMARTS) is 1.